The maximum atomic E-state index is 13.0. The summed E-state index contributed by atoms with van der Waals surface area (Å²) in [5.74, 6) is 1.81. The van der Waals surface area contributed by atoms with Crippen molar-refractivity contribution in [1.29, 1.82) is 0 Å². The minimum atomic E-state index is 0.131. The van der Waals surface area contributed by atoms with Crippen LogP contribution in [0, 0.1) is 0 Å². The summed E-state index contributed by atoms with van der Waals surface area (Å²) in [7, 11) is 0. The maximum absolute atomic E-state index is 13.0. The Hall–Kier alpha value is -2.95. The van der Waals surface area contributed by atoms with E-state index in [1.807, 2.05) is 35.4 Å². The van der Waals surface area contributed by atoms with Crippen molar-refractivity contribution in [2.45, 2.75) is 31.7 Å². The first kappa shape index (κ1) is 17.2. The van der Waals surface area contributed by atoms with Crippen LogP contribution in [-0.4, -0.2) is 35.5 Å². The molecule has 1 unspecified atom stereocenters. The van der Waals surface area contributed by atoms with Crippen LogP contribution in [0.1, 0.15) is 36.4 Å². The second-order valence-electron chi connectivity index (χ2n) is 7.51. The summed E-state index contributed by atoms with van der Waals surface area (Å²) in [5.41, 5.74) is 3.47. The van der Waals surface area contributed by atoms with Crippen LogP contribution < -0.4 is 9.47 Å². The smallest absolute Gasteiger partial charge is 0.223 e. The molecule has 2 aliphatic heterocycles. The number of nitrogens with zero attached hydrogens (tertiary/aromatic N) is 1. The first-order chi connectivity index (χ1) is 13.8. The van der Waals surface area contributed by atoms with Crippen molar-refractivity contribution in [2.24, 2.45) is 0 Å². The fraction of sp³-hybridized carbons (Fsp3) is 0.348. The minimum Gasteiger partial charge on any atom is -0.486 e. The number of amides is 1. The van der Waals surface area contributed by atoms with Crippen molar-refractivity contribution < 1.29 is 14.3 Å². The number of fused-ring (bicyclic) bond motifs is 2. The van der Waals surface area contributed by atoms with Gasteiger partial charge in [0.1, 0.15) is 13.2 Å². The number of likely N-dealkylation sites (tertiary alicyclic amines) is 1. The van der Waals surface area contributed by atoms with Crippen LogP contribution in [-0.2, 0) is 11.2 Å². The van der Waals surface area contributed by atoms with Gasteiger partial charge >= 0.3 is 0 Å². The van der Waals surface area contributed by atoms with Crippen LogP contribution >= 0.6 is 0 Å². The van der Waals surface area contributed by atoms with E-state index in [2.05, 4.69) is 23.2 Å². The molecule has 0 bridgehead atoms. The zero-order chi connectivity index (χ0) is 18.9. The van der Waals surface area contributed by atoms with E-state index >= 15 is 0 Å². The van der Waals surface area contributed by atoms with E-state index in [1.165, 1.54) is 10.9 Å². The third kappa shape index (κ3) is 3.11. The van der Waals surface area contributed by atoms with Gasteiger partial charge in [-0.15, -0.1) is 0 Å². The molecule has 0 aliphatic carbocycles. The molecule has 5 rings (SSSR count). The molecule has 0 spiro atoms. The summed E-state index contributed by atoms with van der Waals surface area (Å²) in [6.45, 7) is 1.99. The number of rotatable bonds is 4. The van der Waals surface area contributed by atoms with Gasteiger partial charge in [0.25, 0.3) is 0 Å². The molecule has 0 saturated carbocycles. The number of ether oxygens (including phenoxy) is 2. The van der Waals surface area contributed by atoms with Gasteiger partial charge in [0.2, 0.25) is 5.91 Å². The Bertz CT molecular complexity index is 1010. The fourth-order valence-electron chi connectivity index (χ4n) is 4.40. The SMILES string of the molecule is O=C(CCc1c[nH]c2ccccc12)N1CCCC1c1ccc2c(c1)OCCO2. The molecule has 1 atom stereocenters. The Morgan fingerprint density at radius 3 is 2.89 bits per heavy atom. The molecule has 2 aliphatic rings. The Labute approximate surface area is 164 Å². The van der Waals surface area contributed by atoms with E-state index in [0.29, 0.717) is 19.6 Å². The number of carbonyl (C=O) groups excluding carboxylic acids is 1. The number of aromatic amines is 1. The van der Waals surface area contributed by atoms with Crippen LogP contribution in [0.4, 0.5) is 0 Å². The molecule has 2 aromatic carbocycles. The Kier molecular flexibility index (Phi) is 4.43. The Morgan fingerprint density at radius 1 is 1.11 bits per heavy atom. The lowest BCUT2D eigenvalue weighted by Crippen LogP contribution is -2.30. The standard InChI is InChI=1S/C23H24N2O3/c26-23(10-8-17-15-24-19-5-2-1-4-18(17)19)25-11-3-6-20(25)16-7-9-21-22(14-16)28-13-12-27-21/h1-2,4-5,7,9,14-15,20,24H,3,6,8,10-13H2. The van der Waals surface area contributed by atoms with Crippen LogP contribution in [0.2, 0.25) is 0 Å². The van der Waals surface area contributed by atoms with Crippen LogP contribution in [0.5, 0.6) is 11.5 Å². The topological polar surface area (TPSA) is 54.6 Å². The number of para-hydroxylation sites is 1. The van der Waals surface area contributed by atoms with E-state index in [0.717, 1.165) is 48.4 Å². The molecule has 3 heterocycles. The normalized spacial score (nSPS) is 18.6. The van der Waals surface area contributed by atoms with Gasteiger partial charge in [0, 0.05) is 30.1 Å². The van der Waals surface area contributed by atoms with Crippen LogP contribution in [0.3, 0.4) is 0 Å². The van der Waals surface area contributed by atoms with Gasteiger partial charge in [-0.2, -0.15) is 0 Å². The molecule has 1 N–H and O–H groups in total. The number of hydrogen-bond donors (Lipinski definition) is 1. The average molecular weight is 376 g/mol. The van der Waals surface area contributed by atoms with Crippen molar-refractivity contribution in [3.8, 4) is 11.5 Å². The third-order valence-electron chi connectivity index (χ3n) is 5.81. The Morgan fingerprint density at radius 2 is 1.96 bits per heavy atom. The maximum Gasteiger partial charge on any atom is 0.223 e. The summed E-state index contributed by atoms with van der Waals surface area (Å²) in [6, 6.07) is 14.5. The molecule has 0 radical (unpaired) electrons. The molecule has 1 aromatic heterocycles. The highest BCUT2D eigenvalue weighted by molar-refractivity contribution is 5.84. The van der Waals surface area contributed by atoms with Crippen LogP contribution in [0.25, 0.3) is 10.9 Å². The molecule has 28 heavy (non-hydrogen) atoms. The van der Waals surface area contributed by atoms with Gasteiger partial charge < -0.3 is 19.4 Å². The van der Waals surface area contributed by atoms with Crippen molar-refractivity contribution in [3.05, 3.63) is 59.8 Å². The summed E-state index contributed by atoms with van der Waals surface area (Å²) < 4.78 is 11.3. The highest BCUT2D eigenvalue weighted by Gasteiger charge is 2.30. The van der Waals surface area contributed by atoms with Crippen molar-refractivity contribution in [3.63, 3.8) is 0 Å². The quantitative estimate of drug-likeness (QED) is 0.741. The van der Waals surface area contributed by atoms with E-state index in [1.54, 1.807) is 0 Å². The van der Waals surface area contributed by atoms with E-state index in [4.69, 9.17) is 9.47 Å². The number of carbonyl (C=O) groups is 1. The molecular formula is C23H24N2O3. The van der Waals surface area contributed by atoms with Crippen molar-refractivity contribution >= 4 is 16.8 Å². The molecule has 5 nitrogen and oxygen atoms in total. The van der Waals surface area contributed by atoms with E-state index < -0.39 is 0 Å². The van der Waals surface area contributed by atoms with Gasteiger partial charge in [0.15, 0.2) is 11.5 Å². The summed E-state index contributed by atoms with van der Waals surface area (Å²) in [6.07, 6.45) is 5.35. The lowest BCUT2D eigenvalue weighted by atomic mass is 10.0. The summed E-state index contributed by atoms with van der Waals surface area (Å²) >= 11 is 0. The zero-order valence-electron chi connectivity index (χ0n) is 15.8. The average Bonchev–Trinajstić information content (AvgIpc) is 3.39. The predicted octanol–water partition coefficient (Wildman–Crippen LogP) is 4.24. The number of aromatic nitrogens is 1. The highest BCUT2D eigenvalue weighted by atomic mass is 16.6. The van der Waals surface area contributed by atoms with Gasteiger partial charge in [0.05, 0.1) is 6.04 Å². The molecule has 1 fully saturated rings. The van der Waals surface area contributed by atoms with Gasteiger partial charge in [-0.1, -0.05) is 24.3 Å². The highest BCUT2D eigenvalue weighted by Crippen LogP contribution is 2.38. The fourth-order valence-corrected chi connectivity index (χ4v) is 4.40. The monoisotopic (exact) mass is 376 g/mol. The van der Waals surface area contributed by atoms with Crippen LogP contribution in [0.15, 0.2) is 48.7 Å². The predicted molar refractivity (Wildman–Crippen MR) is 108 cm³/mol. The van der Waals surface area contributed by atoms with Crippen molar-refractivity contribution in [2.75, 3.05) is 19.8 Å². The molecular weight excluding hydrogens is 352 g/mol. The van der Waals surface area contributed by atoms with E-state index in [9.17, 15) is 4.79 Å². The molecule has 144 valence electrons. The number of benzene rings is 2. The Balaban J connectivity index is 1.30. The summed E-state index contributed by atoms with van der Waals surface area (Å²) in [4.78, 5) is 18.3. The number of nitrogens with one attached hydrogen (secondary N) is 1. The number of aryl methyl sites for hydroxylation is 1. The first-order valence-corrected chi connectivity index (χ1v) is 10.0. The van der Waals surface area contributed by atoms with Gasteiger partial charge in [-0.05, 0) is 48.6 Å². The molecule has 1 amide bonds. The van der Waals surface area contributed by atoms with E-state index in [-0.39, 0.29) is 11.9 Å². The molecule has 5 heteroatoms. The largest absolute Gasteiger partial charge is 0.486 e. The minimum absolute atomic E-state index is 0.131. The van der Waals surface area contributed by atoms with Gasteiger partial charge in [-0.25, -0.2) is 0 Å². The lowest BCUT2D eigenvalue weighted by Gasteiger charge is -2.27. The second kappa shape index (κ2) is 7.23. The second-order valence-corrected chi connectivity index (χ2v) is 7.51. The van der Waals surface area contributed by atoms with Gasteiger partial charge in [-0.3, -0.25) is 4.79 Å². The third-order valence-corrected chi connectivity index (χ3v) is 5.81. The number of H-pyrrole nitrogens is 1. The first-order valence-electron chi connectivity index (χ1n) is 10.0. The summed E-state index contributed by atoms with van der Waals surface area (Å²) in [5, 5.41) is 1.21. The molecule has 1 saturated heterocycles. The lowest BCUT2D eigenvalue weighted by molar-refractivity contribution is -0.132. The number of hydrogen-bond acceptors (Lipinski definition) is 3. The molecule has 3 aromatic rings. The zero-order valence-corrected chi connectivity index (χ0v) is 15.8. The van der Waals surface area contributed by atoms with Crippen molar-refractivity contribution in [1.82, 2.24) is 9.88 Å².